The zero-order valence-electron chi connectivity index (χ0n) is 8.45. The molecule has 0 aliphatic carbocycles. The highest BCUT2D eigenvalue weighted by atomic mass is 16.6. The molecule has 0 radical (unpaired) electrons. The lowest BCUT2D eigenvalue weighted by Gasteiger charge is -2.01. The summed E-state index contributed by atoms with van der Waals surface area (Å²) in [5.41, 5.74) is 0.988. The molecule has 0 atom stereocenters. The highest BCUT2D eigenvalue weighted by molar-refractivity contribution is 5.79. The number of rotatable bonds is 4. The van der Waals surface area contributed by atoms with Gasteiger partial charge in [0.1, 0.15) is 0 Å². The van der Waals surface area contributed by atoms with E-state index >= 15 is 0 Å². The van der Waals surface area contributed by atoms with E-state index in [4.69, 9.17) is 5.84 Å². The second-order valence-electron chi connectivity index (χ2n) is 3.07. The molecule has 0 bridgehead atoms. The number of hydrogen-bond donors (Lipinski definition) is 2. The van der Waals surface area contributed by atoms with Crippen molar-refractivity contribution in [2.24, 2.45) is 5.84 Å². The van der Waals surface area contributed by atoms with Gasteiger partial charge in [0.25, 0.3) is 11.4 Å². The van der Waals surface area contributed by atoms with E-state index in [1.165, 1.54) is 0 Å². The zero-order valence-corrected chi connectivity index (χ0v) is 8.45. The Morgan fingerprint density at radius 2 is 1.94 bits per heavy atom. The van der Waals surface area contributed by atoms with Crippen LogP contribution in [0.2, 0.25) is 0 Å². The van der Waals surface area contributed by atoms with Crippen LogP contribution >= 0.6 is 0 Å². The zero-order chi connectivity index (χ0) is 13.0. The van der Waals surface area contributed by atoms with Crippen LogP contribution in [0.5, 0.6) is 0 Å². The van der Waals surface area contributed by atoms with Crippen molar-refractivity contribution in [2.45, 2.75) is 6.42 Å². The number of nitro benzene ring substituents is 2. The standard InChI is InChI=1S/C8H8N4O5/c9-10-8(13)3-5-1-2-6(11(14)15)4-7(5)12(16)17/h1-2,4H,3,9H2,(H,10,13). The lowest BCUT2D eigenvalue weighted by molar-refractivity contribution is -0.394. The molecule has 0 saturated carbocycles. The van der Waals surface area contributed by atoms with E-state index in [-0.39, 0.29) is 12.0 Å². The molecule has 0 heterocycles. The summed E-state index contributed by atoms with van der Waals surface area (Å²) in [4.78, 5) is 30.6. The first-order chi connectivity index (χ1) is 7.95. The molecule has 90 valence electrons. The summed E-state index contributed by atoms with van der Waals surface area (Å²) in [7, 11) is 0. The van der Waals surface area contributed by atoms with Crippen LogP contribution in [0, 0.1) is 20.2 Å². The van der Waals surface area contributed by atoms with Gasteiger partial charge in [-0.3, -0.25) is 30.4 Å². The Balaban J connectivity index is 3.17. The molecule has 17 heavy (non-hydrogen) atoms. The van der Waals surface area contributed by atoms with Crippen LogP contribution in [0.15, 0.2) is 18.2 Å². The quantitative estimate of drug-likeness (QED) is 0.329. The fourth-order valence-corrected chi connectivity index (χ4v) is 1.21. The van der Waals surface area contributed by atoms with E-state index in [2.05, 4.69) is 0 Å². The number of nitro groups is 2. The average molecular weight is 240 g/mol. The molecule has 3 N–H and O–H groups in total. The maximum atomic E-state index is 11.0. The molecule has 0 unspecified atom stereocenters. The molecule has 0 spiro atoms. The monoisotopic (exact) mass is 240 g/mol. The molecule has 1 aromatic rings. The van der Waals surface area contributed by atoms with Gasteiger partial charge in [-0.05, 0) is 6.07 Å². The van der Waals surface area contributed by atoms with Crippen LogP contribution in [0.3, 0.4) is 0 Å². The number of non-ortho nitro benzene ring substituents is 1. The Hall–Kier alpha value is -2.55. The van der Waals surface area contributed by atoms with Gasteiger partial charge >= 0.3 is 0 Å². The molecular formula is C8H8N4O5. The predicted octanol–water partition coefficient (Wildman–Crippen LogP) is 0.0354. The Kier molecular flexibility index (Phi) is 3.67. The summed E-state index contributed by atoms with van der Waals surface area (Å²) in [5.74, 6) is 4.22. The van der Waals surface area contributed by atoms with E-state index in [0.717, 1.165) is 18.2 Å². The van der Waals surface area contributed by atoms with Gasteiger partial charge in [-0.2, -0.15) is 0 Å². The van der Waals surface area contributed by atoms with Crippen LogP contribution in [-0.4, -0.2) is 15.8 Å². The molecular weight excluding hydrogens is 232 g/mol. The second-order valence-corrected chi connectivity index (χ2v) is 3.07. The molecule has 1 aromatic carbocycles. The van der Waals surface area contributed by atoms with Crippen molar-refractivity contribution in [2.75, 3.05) is 0 Å². The third kappa shape index (κ3) is 2.95. The SMILES string of the molecule is NNC(=O)Cc1ccc([N+](=O)[O-])cc1[N+](=O)[O-]. The third-order valence-corrected chi connectivity index (χ3v) is 1.99. The van der Waals surface area contributed by atoms with Crippen molar-refractivity contribution in [1.82, 2.24) is 5.43 Å². The van der Waals surface area contributed by atoms with Crippen molar-refractivity contribution < 1.29 is 14.6 Å². The number of nitrogens with two attached hydrogens (primary N) is 1. The minimum absolute atomic E-state index is 0.0588. The number of hydrogen-bond acceptors (Lipinski definition) is 6. The topological polar surface area (TPSA) is 141 Å². The maximum absolute atomic E-state index is 11.0. The van der Waals surface area contributed by atoms with Gasteiger partial charge in [0.05, 0.1) is 22.3 Å². The minimum atomic E-state index is -0.786. The summed E-state index contributed by atoms with van der Waals surface area (Å²) < 4.78 is 0. The lowest BCUT2D eigenvalue weighted by Crippen LogP contribution is -2.31. The number of carbonyl (C=O) groups excluding carboxylic acids is 1. The Labute approximate surface area is 94.5 Å². The van der Waals surface area contributed by atoms with Crippen molar-refractivity contribution in [3.05, 3.63) is 44.0 Å². The minimum Gasteiger partial charge on any atom is -0.294 e. The van der Waals surface area contributed by atoms with Gasteiger partial charge in [0.15, 0.2) is 0 Å². The molecule has 9 nitrogen and oxygen atoms in total. The average Bonchev–Trinajstić information content (AvgIpc) is 2.28. The molecule has 9 heteroatoms. The Bertz CT molecular complexity index is 487. The van der Waals surface area contributed by atoms with E-state index in [1.54, 1.807) is 0 Å². The molecule has 1 rings (SSSR count). The van der Waals surface area contributed by atoms with E-state index < -0.39 is 27.1 Å². The first-order valence-corrected chi connectivity index (χ1v) is 4.37. The molecule has 0 aliphatic heterocycles. The number of nitrogens with zero attached hydrogens (tertiary/aromatic N) is 2. The smallest absolute Gasteiger partial charge is 0.279 e. The van der Waals surface area contributed by atoms with Crippen LogP contribution in [0.1, 0.15) is 5.56 Å². The summed E-state index contributed by atoms with van der Waals surface area (Å²) in [5, 5.41) is 21.1. The number of amides is 1. The lowest BCUT2D eigenvalue weighted by atomic mass is 10.1. The molecule has 0 aromatic heterocycles. The summed E-state index contributed by atoms with van der Waals surface area (Å²) >= 11 is 0. The summed E-state index contributed by atoms with van der Waals surface area (Å²) in [6.45, 7) is 0. The van der Waals surface area contributed by atoms with Crippen LogP contribution in [0.25, 0.3) is 0 Å². The van der Waals surface area contributed by atoms with Crippen LogP contribution < -0.4 is 11.3 Å². The third-order valence-electron chi connectivity index (χ3n) is 1.99. The molecule has 1 amide bonds. The van der Waals surface area contributed by atoms with Crippen molar-refractivity contribution in [3.63, 3.8) is 0 Å². The number of carbonyl (C=O) groups is 1. The van der Waals surface area contributed by atoms with Crippen molar-refractivity contribution in [3.8, 4) is 0 Å². The highest BCUT2D eigenvalue weighted by Gasteiger charge is 2.20. The van der Waals surface area contributed by atoms with Crippen molar-refractivity contribution >= 4 is 17.3 Å². The maximum Gasteiger partial charge on any atom is 0.279 e. The summed E-state index contributed by atoms with van der Waals surface area (Å²) in [6, 6.07) is 3.05. The predicted molar refractivity (Wildman–Crippen MR) is 55.8 cm³/mol. The first kappa shape index (κ1) is 12.5. The van der Waals surface area contributed by atoms with Gasteiger partial charge in [-0.25, -0.2) is 5.84 Å². The molecule has 0 fully saturated rings. The van der Waals surface area contributed by atoms with Crippen LogP contribution in [-0.2, 0) is 11.2 Å². The number of nitrogens with one attached hydrogen (secondary N) is 1. The van der Waals surface area contributed by atoms with E-state index in [1.807, 2.05) is 5.43 Å². The van der Waals surface area contributed by atoms with Gasteiger partial charge in [0, 0.05) is 11.6 Å². The number of hydrazine groups is 1. The van der Waals surface area contributed by atoms with Gasteiger partial charge in [-0.15, -0.1) is 0 Å². The first-order valence-electron chi connectivity index (χ1n) is 4.37. The van der Waals surface area contributed by atoms with E-state index in [9.17, 15) is 25.0 Å². The Morgan fingerprint density at radius 3 is 2.41 bits per heavy atom. The summed E-state index contributed by atoms with van der Waals surface area (Å²) in [6.07, 6.45) is -0.315. The molecule has 0 saturated heterocycles. The highest BCUT2D eigenvalue weighted by Crippen LogP contribution is 2.24. The normalized spacial score (nSPS) is 9.71. The van der Waals surface area contributed by atoms with Gasteiger partial charge < -0.3 is 0 Å². The van der Waals surface area contributed by atoms with Gasteiger partial charge in [0.2, 0.25) is 5.91 Å². The van der Waals surface area contributed by atoms with Crippen molar-refractivity contribution in [1.29, 1.82) is 0 Å². The van der Waals surface area contributed by atoms with Crippen LogP contribution in [0.4, 0.5) is 11.4 Å². The fourth-order valence-electron chi connectivity index (χ4n) is 1.21. The number of benzene rings is 1. The second kappa shape index (κ2) is 4.99. The van der Waals surface area contributed by atoms with Gasteiger partial charge in [-0.1, -0.05) is 0 Å². The van der Waals surface area contributed by atoms with E-state index in [0.29, 0.717) is 0 Å². The Morgan fingerprint density at radius 1 is 1.29 bits per heavy atom. The fraction of sp³-hybridized carbons (Fsp3) is 0.125. The largest absolute Gasteiger partial charge is 0.294 e. The molecule has 0 aliphatic rings.